The highest BCUT2D eigenvalue weighted by molar-refractivity contribution is 7.25. The summed E-state index contributed by atoms with van der Waals surface area (Å²) in [5, 5.41) is 1.11. The minimum Gasteiger partial charge on any atom is -0.480 e. The van der Waals surface area contributed by atoms with Crippen molar-refractivity contribution in [1.82, 2.24) is 15.0 Å². The molecule has 0 atom stereocenters. The fourth-order valence-electron chi connectivity index (χ4n) is 3.77. The third-order valence-corrected chi connectivity index (χ3v) is 6.10. The van der Waals surface area contributed by atoms with Crippen molar-refractivity contribution in [2.75, 3.05) is 7.11 Å². The van der Waals surface area contributed by atoms with E-state index in [-0.39, 0.29) is 5.60 Å². The van der Waals surface area contributed by atoms with Gasteiger partial charge in [-0.25, -0.2) is 15.0 Å². The molecule has 0 amide bonds. The van der Waals surface area contributed by atoms with Crippen molar-refractivity contribution in [2.45, 2.75) is 32.5 Å². The highest BCUT2D eigenvalue weighted by atomic mass is 32.1. The number of ether oxygens (including phenoxy) is 2. The Morgan fingerprint density at radius 3 is 2.70 bits per heavy atom. The summed E-state index contributed by atoms with van der Waals surface area (Å²) < 4.78 is 12.5. The summed E-state index contributed by atoms with van der Waals surface area (Å²) in [5.74, 6) is 0.601. The predicted molar refractivity (Wildman–Crippen MR) is 107 cm³/mol. The fourth-order valence-corrected chi connectivity index (χ4v) is 4.89. The Balaban J connectivity index is 1.90. The van der Waals surface area contributed by atoms with Gasteiger partial charge in [0, 0.05) is 22.9 Å². The van der Waals surface area contributed by atoms with E-state index in [1.54, 1.807) is 24.8 Å². The number of fused-ring (bicyclic) bond motifs is 5. The number of pyridine rings is 1. The summed E-state index contributed by atoms with van der Waals surface area (Å²) in [4.78, 5) is 14.8. The van der Waals surface area contributed by atoms with Gasteiger partial charge in [-0.15, -0.1) is 11.3 Å². The first-order chi connectivity index (χ1) is 13.1. The van der Waals surface area contributed by atoms with Gasteiger partial charge in [0.1, 0.15) is 15.9 Å². The van der Waals surface area contributed by atoms with Gasteiger partial charge in [0.05, 0.1) is 30.5 Å². The Kier molecular flexibility index (Phi) is 3.67. The van der Waals surface area contributed by atoms with E-state index in [1.807, 2.05) is 18.2 Å². The summed E-state index contributed by atoms with van der Waals surface area (Å²) in [5.41, 5.74) is 5.23. The molecule has 4 heterocycles. The molecule has 6 heteroatoms. The lowest BCUT2D eigenvalue weighted by molar-refractivity contribution is -0.0394. The second-order valence-corrected chi connectivity index (χ2v) is 8.35. The number of nitrogens with zero attached hydrogens (tertiary/aromatic N) is 3. The summed E-state index contributed by atoms with van der Waals surface area (Å²) in [6.07, 6.45) is 2.38. The molecule has 0 saturated carbocycles. The van der Waals surface area contributed by atoms with E-state index in [0.717, 1.165) is 43.7 Å². The molecule has 1 aliphatic rings. The smallest absolute Gasteiger partial charge is 0.234 e. The van der Waals surface area contributed by atoms with Gasteiger partial charge >= 0.3 is 0 Å². The Bertz CT molecular complexity index is 1170. The molecule has 0 aliphatic carbocycles. The number of hydrogen-bond acceptors (Lipinski definition) is 6. The van der Waals surface area contributed by atoms with Crippen molar-refractivity contribution in [2.24, 2.45) is 0 Å². The zero-order valence-corrected chi connectivity index (χ0v) is 16.3. The number of rotatable bonds is 2. The van der Waals surface area contributed by atoms with Crippen molar-refractivity contribution in [3.8, 4) is 17.1 Å². The van der Waals surface area contributed by atoms with Crippen LogP contribution in [-0.4, -0.2) is 27.7 Å². The van der Waals surface area contributed by atoms with Crippen molar-refractivity contribution in [3.05, 3.63) is 47.8 Å². The van der Waals surface area contributed by atoms with Crippen LogP contribution in [0.25, 0.3) is 31.7 Å². The molecular weight excluding hydrogens is 358 g/mol. The zero-order chi connectivity index (χ0) is 18.6. The van der Waals surface area contributed by atoms with Crippen molar-refractivity contribution in [3.63, 3.8) is 0 Å². The molecule has 0 radical (unpaired) electrons. The molecule has 5 nitrogen and oxygen atoms in total. The Hall–Kier alpha value is -2.57. The lowest BCUT2D eigenvalue weighted by Crippen LogP contribution is -2.32. The topological polar surface area (TPSA) is 57.1 Å². The van der Waals surface area contributed by atoms with Gasteiger partial charge in [-0.1, -0.05) is 30.3 Å². The van der Waals surface area contributed by atoms with Crippen molar-refractivity contribution < 1.29 is 9.47 Å². The van der Waals surface area contributed by atoms with E-state index in [4.69, 9.17) is 14.5 Å². The molecule has 3 aromatic heterocycles. The van der Waals surface area contributed by atoms with E-state index < -0.39 is 0 Å². The predicted octanol–water partition coefficient (Wildman–Crippen LogP) is 4.77. The SMILES string of the molecule is COc1ncnc2c1sc1nc(-c3ccccc3)c3c(c12)CC(C)(C)OC3. The number of hydrogen-bond donors (Lipinski definition) is 0. The average Bonchev–Trinajstić information content (AvgIpc) is 3.06. The molecule has 0 fully saturated rings. The molecule has 0 unspecified atom stereocenters. The molecule has 4 aromatic rings. The van der Waals surface area contributed by atoms with Crippen LogP contribution < -0.4 is 4.74 Å². The van der Waals surface area contributed by atoms with Crippen molar-refractivity contribution >= 4 is 31.8 Å². The molecule has 0 N–H and O–H groups in total. The lowest BCUT2D eigenvalue weighted by atomic mass is 9.88. The Morgan fingerprint density at radius 2 is 1.93 bits per heavy atom. The molecule has 1 aromatic carbocycles. The van der Waals surface area contributed by atoms with Crippen LogP contribution in [0.3, 0.4) is 0 Å². The largest absolute Gasteiger partial charge is 0.480 e. The van der Waals surface area contributed by atoms with Gasteiger partial charge in [-0.2, -0.15) is 0 Å². The maximum atomic E-state index is 6.14. The van der Waals surface area contributed by atoms with Crippen LogP contribution in [-0.2, 0) is 17.8 Å². The minimum atomic E-state index is -0.222. The first kappa shape index (κ1) is 16.6. The van der Waals surface area contributed by atoms with E-state index >= 15 is 0 Å². The standard InChI is InChI=1S/C21H19N3O2S/c1-21(2)9-13-14(10-26-21)16(12-7-5-4-6-8-12)24-20-15(13)17-18(27-20)19(25-3)23-11-22-17/h4-8,11H,9-10H2,1-3H3. The third kappa shape index (κ3) is 2.59. The maximum Gasteiger partial charge on any atom is 0.234 e. The first-order valence-electron chi connectivity index (χ1n) is 8.90. The average molecular weight is 377 g/mol. The van der Waals surface area contributed by atoms with Crippen LogP contribution in [0.4, 0.5) is 0 Å². The van der Waals surface area contributed by atoms with Gasteiger partial charge in [0.25, 0.3) is 0 Å². The highest BCUT2D eigenvalue weighted by Gasteiger charge is 2.32. The van der Waals surface area contributed by atoms with Crippen LogP contribution in [0.2, 0.25) is 0 Å². The number of aromatic nitrogens is 3. The summed E-state index contributed by atoms with van der Waals surface area (Å²) in [6, 6.07) is 10.3. The highest BCUT2D eigenvalue weighted by Crippen LogP contribution is 2.44. The van der Waals surface area contributed by atoms with Gasteiger partial charge in [0.15, 0.2) is 0 Å². The summed E-state index contributed by atoms with van der Waals surface area (Å²) >= 11 is 1.59. The molecule has 5 rings (SSSR count). The van der Waals surface area contributed by atoms with Crippen LogP contribution >= 0.6 is 11.3 Å². The monoisotopic (exact) mass is 377 g/mol. The van der Waals surface area contributed by atoms with Crippen LogP contribution in [0.1, 0.15) is 25.0 Å². The van der Waals surface area contributed by atoms with Gasteiger partial charge in [-0.3, -0.25) is 0 Å². The summed E-state index contributed by atoms with van der Waals surface area (Å²) in [6.45, 7) is 4.82. The van der Waals surface area contributed by atoms with Crippen LogP contribution in [0, 0.1) is 0 Å². The molecule has 0 spiro atoms. The number of benzene rings is 1. The second-order valence-electron chi connectivity index (χ2n) is 7.35. The molecule has 1 aliphatic heterocycles. The molecule has 136 valence electrons. The normalized spacial score (nSPS) is 15.8. The van der Waals surface area contributed by atoms with E-state index in [9.17, 15) is 0 Å². The first-order valence-corrected chi connectivity index (χ1v) is 9.71. The van der Waals surface area contributed by atoms with Crippen LogP contribution in [0.15, 0.2) is 36.7 Å². The Morgan fingerprint density at radius 1 is 1.11 bits per heavy atom. The quantitative estimate of drug-likeness (QED) is 0.504. The lowest BCUT2D eigenvalue weighted by Gasteiger charge is -2.33. The Labute approximate surface area is 161 Å². The second kappa shape index (κ2) is 5.97. The van der Waals surface area contributed by atoms with Crippen molar-refractivity contribution in [1.29, 1.82) is 0 Å². The van der Waals surface area contributed by atoms with E-state index in [0.29, 0.717) is 12.5 Å². The zero-order valence-electron chi connectivity index (χ0n) is 15.4. The fraction of sp³-hybridized carbons (Fsp3) is 0.286. The third-order valence-electron chi connectivity index (χ3n) is 5.04. The maximum absolute atomic E-state index is 6.14. The van der Waals surface area contributed by atoms with Gasteiger partial charge < -0.3 is 9.47 Å². The van der Waals surface area contributed by atoms with E-state index in [1.165, 1.54) is 5.56 Å². The molecule has 0 saturated heterocycles. The van der Waals surface area contributed by atoms with Gasteiger partial charge in [-0.05, 0) is 19.4 Å². The van der Waals surface area contributed by atoms with Gasteiger partial charge in [0.2, 0.25) is 5.88 Å². The molecule has 27 heavy (non-hydrogen) atoms. The molecule has 0 bridgehead atoms. The summed E-state index contributed by atoms with van der Waals surface area (Å²) in [7, 11) is 1.64. The minimum absolute atomic E-state index is 0.222. The van der Waals surface area contributed by atoms with Crippen LogP contribution in [0.5, 0.6) is 5.88 Å². The number of methoxy groups -OCH3 is 1. The number of thiophene rings is 1. The molecular formula is C21H19N3O2S. The van der Waals surface area contributed by atoms with E-state index in [2.05, 4.69) is 35.9 Å².